The van der Waals surface area contributed by atoms with Crippen molar-refractivity contribution in [1.82, 2.24) is 25.2 Å². The van der Waals surface area contributed by atoms with Crippen LogP contribution < -0.4 is 10.6 Å². The summed E-state index contributed by atoms with van der Waals surface area (Å²) in [6.45, 7) is 0.587. The SMILES string of the molecule is CN/C(=C(\C=N)C(=O)N1CC(F)(F)CC(C)C1CNc1ncc(C(F)(F)F)cn1)c1ccccn1. The molecule has 3 rings (SSSR count). The van der Waals surface area contributed by atoms with Gasteiger partial charge in [-0.2, -0.15) is 13.2 Å². The van der Waals surface area contributed by atoms with Gasteiger partial charge in [0.25, 0.3) is 11.8 Å². The molecule has 2 unspecified atom stereocenters. The average molecular weight is 497 g/mol. The van der Waals surface area contributed by atoms with Crippen molar-refractivity contribution in [3.63, 3.8) is 0 Å². The molecule has 3 heterocycles. The van der Waals surface area contributed by atoms with Gasteiger partial charge in [-0.05, 0) is 18.1 Å². The van der Waals surface area contributed by atoms with E-state index in [1.165, 1.54) is 13.2 Å². The van der Waals surface area contributed by atoms with Crippen molar-refractivity contribution in [3.8, 4) is 0 Å². The predicted octanol–water partition coefficient (Wildman–Crippen LogP) is 3.45. The highest BCUT2D eigenvalue weighted by Crippen LogP contribution is 2.35. The lowest BCUT2D eigenvalue weighted by molar-refractivity contribution is -0.147. The molecular weight excluding hydrogens is 473 g/mol. The quantitative estimate of drug-likeness (QED) is 0.307. The van der Waals surface area contributed by atoms with Crippen LogP contribution in [0.2, 0.25) is 0 Å². The Balaban J connectivity index is 1.89. The molecule has 8 nitrogen and oxygen atoms in total. The minimum Gasteiger partial charge on any atom is -0.386 e. The monoisotopic (exact) mass is 497 g/mol. The van der Waals surface area contributed by atoms with Crippen LogP contribution in [0.15, 0.2) is 42.4 Å². The number of halogens is 5. The summed E-state index contributed by atoms with van der Waals surface area (Å²) >= 11 is 0. The molecule has 0 spiro atoms. The molecule has 13 heteroatoms. The largest absolute Gasteiger partial charge is 0.419 e. The number of pyridine rings is 1. The number of amides is 1. The van der Waals surface area contributed by atoms with E-state index in [4.69, 9.17) is 5.41 Å². The number of anilines is 1. The smallest absolute Gasteiger partial charge is 0.386 e. The highest BCUT2D eigenvalue weighted by atomic mass is 19.4. The van der Waals surface area contributed by atoms with Crippen LogP contribution in [0.5, 0.6) is 0 Å². The number of carbonyl (C=O) groups is 1. The summed E-state index contributed by atoms with van der Waals surface area (Å²) in [7, 11) is 1.52. The summed E-state index contributed by atoms with van der Waals surface area (Å²) in [5, 5.41) is 13.4. The molecule has 1 amide bonds. The van der Waals surface area contributed by atoms with Gasteiger partial charge in [0.15, 0.2) is 0 Å². The fourth-order valence-corrected chi connectivity index (χ4v) is 3.95. The molecule has 1 aliphatic rings. The predicted molar refractivity (Wildman–Crippen MR) is 119 cm³/mol. The van der Waals surface area contributed by atoms with Gasteiger partial charge >= 0.3 is 6.18 Å². The second kappa shape index (κ2) is 10.3. The summed E-state index contributed by atoms with van der Waals surface area (Å²) in [4.78, 5) is 25.8. The van der Waals surface area contributed by atoms with Crippen LogP contribution in [-0.4, -0.2) is 64.1 Å². The third-order valence-corrected chi connectivity index (χ3v) is 5.60. The number of piperidine rings is 1. The Morgan fingerprint density at radius 2 is 1.94 bits per heavy atom. The first-order valence-electron chi connectivity index (χ1n) is 10.6. The molecule has 2 atom stereocenters. The van der Waals surface area contributed by atoms with Gasteiger partial charge in [-0.25, -0.2) is 18.7 Å². The third-order valence-electron chi connectivity index (χ3n) is 5.60. The summed E-state index contributed by atoms with van der Waals surface area (Å²) in [5.74, 6) is -4.78. The van der Waals surface area contributed by atoms with E-state index in [-0.39, 0.29) is 23.8 Å². The van der Waals surface area contributed by atoms with E-state index in [1.54, 1.807) is 25.1 Å². The summed E-state index contributed by atoms with van der Waals surface area (Å²) in [5.41, 5.74) is -0.635. The van der Waals surface area contributed by atoms with E-state index in [2.05, 4.69) is 25.6 Å². The van der Waals surface area contributed by atoms with Gasteiger partial charge in [-0.15, -0.1) is 0 Å². The number of nitrogens with zero attached hydrogens (tertiary/aromatic N) is 4. The van der Waals surface area contributed by atoms with Crippen LogP contribution in [-0.2, 0) is 11.0 Å². The number of rotatable bonds is 7. The van der Waals surface area contributed by atoms with Crippen molar-refractivity contribution in [1.29, 1.82) is 5.41 Å². The lowest BCUT2D eigenvalue weighted by atomic mass is 9.87. The molecule has 35 heavy (non-hydrogen) atoms. The Kier molecular flexibility index (Phi) is 7.66. The maximum Gasteiger partial charge on any atom is 0.419 e. The molecule has 2 aromatic rings. The van der Waals surface area contributed by atoms with E-state index in [9.17, 15) is 26.7 Å². The van der Waals surface area contributed by atoms with Crippen molar-refractivity contribution in [2.24, 2.45) is 5.92 Å². The van der Waals surface area contributed by atoms with Crippen LogP contribution in [0.25, 0.3) is 5.70 Å². The van der Waals surface area contributed by atoms with Gasteiger partial charge in [0.05, 0.1) is 35.1 Å². The average Bonchev–Trinajstić information content (AvgIpc) is 2.81. The Morgan fingerprint density at radius 3 is 2.49 bits per heavy atom. The molecule has 1 fully saturated rings. The van der Waals surface area contributed by atoms with Crippen molar-refractivity contribution >= 4 is 23.8 Å². The van der Waals surface area contributed by atoms with Crippen molar-refractivity contribution < 1.29 is 26.7 Å². The normalized spacial score (nSPS) is 20.6. The fraction of sp³-hybridized carbons (Fsp3) is 0.409. The Labute approximate surface area is 198 Å². The highest BCUT2D eigenvalue weighted by molar-refractivity contribution is 6.17. The lowest BCUT2D eigenvalue weighted by Gasteiger charge is -2.43. The molecule has 0 aliphatic carbocycles. The van der Waals surface area contributed by atoms with E-state index in [1.807, 2.05) is 0 Å². The van der Waals surface area contributed by atoms with Gasteiger partial charge in [0.1, 0.15) is 0 Å². The van der Waals surface area contributed by atoms with Crippen LogP contribution in [0, 0.1) is 11.3 Å². The summed E-state index contributed by atoms with van der Waals surface area (Å²) < 4.78 is 67.2. The number of alkyl halides is 5. The number of aromatic nitrogens is 3. The van der Waals surface area contributed by atoms with E-state index in [0.717, 1.165) is 11.1 Å². The minimum absolute atomic E-state index is 0.0852. The molecule has 0 aromatic carbocycles. The van der Waals surface area contributed by atoms with Crippen LogP contribution >= 0.6 is 0 Å². The molecular formula is C22H24F5N7O. The highest BCUT2D eigenvalue weighted by Gasteiger charge is 2.46. The molecule has 188 valence electrons. The lowest BCUT2D eigenvalue weighted by Crippen LogP contribution is -2.58. The van der Waals surface area contributed by atoms with Crippen molar-refractivity contribution in [2.45, 2.75) is 31.5 Å². The van der Waals surface area contributed by atoms with Crippen LogP contribution in [0.4, 0.5) is 27.9 Å². The fourth-order valence-electron chi connectivity index (χ4n) is 3.95. The van der Waals surface area contributed by atoms with Crippen molar-refractivity contribution in [3.05, 3.63) is 53.6 Å². The molecule has 0 radical (unpaired) electrons. The maximum atomic E-state index is 14.5. The van der Waals surface area contributed by atoms with E-state index in [0.29, 0.717) is 18.1 Å². The topological polar surface area (TPSA) is 107 Å². The molecule has 1 saturated heterocycles. The van der Waals surface area contributed by atoms with Gasteiger partial charge in [-0.1, -0.05) is 13.0 Å². The Morgan fingerprint density at radius 1 is 1.26 bits per heavy atom. The van der Waals surface area contributed by atoms with Gasteiger partial charge in [-0.3, -0.25) is 9.78 Å². The standard InChI is InChI=1S/C22H24F5N7O/c1-13-7-21(23,24)12-34(17(13)11-33-20-31-9-14(10-32-20)22(25,26)27)19(35)15(8-28)18(29-2)16-5-3-4-6-30-16/h3-6,8-10,13,17,28-29H,7,11-12H2,1-2H3,(H,31,32,33)/b18-15+,28-8?. The first kappa shape index (κ1) is 26.0. The van der Waals surface area contributed by atoms with E-state index >= 15 is 0 Å². The molecule has 0 saturated carbocycles. The first-order valence-corrected chi connectivity index (χ1v) is 10.6. The number of nitrogens with one attached hydrogen (secondary N) is 3. The summed E-state index contributed by atoms with van der Waals surface area (Å²) in [6.07, 6.45) is -1.59. The van der Waals surface area contributed by atoms with Gasteiger partial charge in [0, 0.05) is 44.8 Å². The number of likely N-dealkylation sites (tertiary alicyclic amines) is 1. The Hall–Kier alpha value is -3.64. The third kappa shape index (κ3) is 6.08. The molecule has 3 N–H and O–H groups in total. The molecule has 0 bridgehead atoms. The molecule has 2 aromatic heterocycles. The number of carbonyl (C=O) groups excluding carboxylic acids is 1. The zero-order valence-electron chi connectivity index (χ0n) is 18.9. The minimum atomic E-state index is -4.60. The van der Waals surface area contributed by atoms with E-state index < -0.39 is 48.5 Å². The first-order chi connectivity index (χ1) is 16.5. The maximum absolute atomic E-state index is 14.5. The number of hydrogen-bond donors (Lipinski definition) is 3. The summed E-state index contributed by atoms with van der Waals surface area (Å²) in [6, 6.07) is 4.18. The zero-order valence-corrected chi connectivity index (χ0v) is 18.9. The van der Waals surface area contributed by atoms with Gasteiger partial charge in [0.2, 0.25) is 5.95 Å². The van der Waals surface area contributed by atoms with Crippen molar-refractivity contribution in [2.75, 3.05) is 25.5 Å². The van der Waals surface area contributed by atoms with Crippen LogP contribution in [0.3, 0.4) is 0 Å². The van der Waals surface area contributed by atoms with Crippen LogP contribution in [0.1, 0.15) is 24.6 Å². The number of hydrogen-bond acceptors (Lipinski definition) is 7. The second-order valence-electron chi connectivity index (χ2n) is 8.11. The molecule has 1 aliphatic heterocycles. The zero-order chi connectivity index (χ0) is 25.8. The van der Waals surface area contributed by atoms with Gasteiger partial charge < -0.3 is 20.9 Å². The second-order valence-corrected chi connectivity index (χ2v) is 8.11. The Bertz CT molecular complexity index is 1070.